The van der Waals surface area contributed by atoms with Crippen molar-refractivity contribution < 1.29 is 14.3 Å². The van der Waals surface area contributed by atoms with Crippen molar-refractivity contribution in [2.45, 2.75) is 13.5 Å². The van der Waals surface area contributed by atoms with Crippen molar-refractivity contribution in [2.75, 3.05) is 13.1 Å². The van der Waals surface area contributed by atoms with Gasteiger partial charge in [0, 0.05) is 30.6 Å². The van der Waals surface area contributed by atoms with Crippen molar-refractivity contribution in [1.82, 2.24) is 10.6 Å². The predicted molar refractivity (Wildman–Crippen MR) is 93.2 cm³/mol. The smallest absolute Gasteiger partial charge is 0.251 e. The van der Waals surface area contributed by atoms with Gasteiger partial charge in [0.05, 0.1) is 0 Å². The quantitative estimate of drug-likeness (QED) is 0.757. The van der Waals surface area contributed by atoms with Crippen LogP contribution < -0.4 is 15.4 Å². The average molecular weight is 347 g/mol. The van der Waals surface area contributed by atoms with E-state index >= 15 is 0 Å². The molecule has 2 aromatic carbocycles. The SMILES string of the molecule is CC(=O)NCCNC(=O)c1ccc(COc2ccc(Cl)cc2)cc1. The van der Waals surface area contributed by atoms with Crippen LogP contribution >= 0.6 is 11.6 Å². The summed E-state index contributed by atoms with van der Waals surface area (Å²) in [6, 6.07) is 14.3. The van der Waals surface area contributed by atoms with Crippen molar-refractivity contribution in [1.29, 1.82) is 0 Å². The molecule has 0 aliphatic carbocycles. The zero-order chi connectivity index (χ0) is 17.4. The van der Waals surface area contributed by atoms with Crippen molar-refractivity contribution in [2.24, 2.45) is 0 Å². The van der Waals surface area contributed by atoms with Crippen LogP contribution in [0.4, 0.5) is 0 Å². The maximum Gasteiger partial charge on any atom is 0.251 e. The molecule has 0 saturated carbocycles. The molecule has 0 unspecified atom stereocenters. The Hall–Kier alpha value is -2.53. The van der Waals surface area contributed by atoms with Crippen LogP contribution in [0.25, 0.3) is 0 Å². The summed E-state index contributed by atoms with van der Waals surface area (Å²) in [4.78, 5) is 22.7. The Labute approximate surface area is 146 Å². The van der Waals surface area contributed by atoms with Gasteiger partial charge in [-0.05, 0) is 42.0 Å². The molecule has 0 bridgehead atoms. The second kappa shape index (κ2) is 8.93. The molecule has 0 fully saturated rings. The zero-order valence-corrected chi connectivity index (χ0v) is 14.1. The molecule has 0 spiro atoms. The van der Waals surface area contributed by atoms with E-state index in [-0.39, 0.29) is 11.8 Å². The Morgan fingerprint density at radius 1 is 0.958 bits per heavy atom. The molecule has 0 saturated heterocycles. The van der Waals surface area contributed by atoms with Crippen LogP contribution in [-0.2, 0) is 11.4 Å². The number of nitrogens with one attached hydrogen (secondary N) is 2. The summed E-state index contributed by atoms with van der Waals surface area (Å²) in [7, 11) is 0. The highest BCUT2D eigenvalue weighted by molar-refractivity contribution is 6.30. The summed E-state index contributed by atoms with van der Waals surface area (Å²) in [5.74, 6) is 0.444. The number of hydrogen-bond acceptors (Lipinski definition) is 3. The van der Waals surface area contributed by atoms with E-state index in [9.17, 15) is 9.59 Å². The van der Waals surface area contributed by atoms with Crippen molar-refractivity contribution in [3.05, 3.63) is 64.7 Å². The maximum atomic E-state index is 11.9. The first kappa shape index (κ1) is 17.8. The summed E-state index contributed by atoms with van der Waals surface area (Å²) in [5, 5.41) is 6.02. The molecule has 5 nitrogen and oxygen atoms in total. The van der Waals surface area contributed by atoms with Gasteiger partial charge >= 0.3 is 0 Å². The predicted octanol–water partition coefficient (Wildman–Crippen LogP) is 2.78. The minimum Gasteiger partial charge on any atom is -0.489 e. The lowest BCUT2D eigenvalue weighted by Crippen LogP contribution is -2.33. The van der Waals surface area contributed by atoms with E-state index in [0.717, 1.165) is 11.3 Å². The summed E-state index contributed by atoms with van der Waals surface area (Å²) < 4.78 is 5.65. The minimum atomic E-state index is -0.175. The topological polar surface area (TPSA) is 67.4 Å². The number of carbonyl (C=O) groups is 2. The largest absolute Gasteiger partial charge is 0.489 e. The number of hydrogen-bond donors (Lipinski definition) is 2. The molecule has 0 atom stereocenters. The van der Waals surface area contributed by atoms with Crippen LogP contribution in [0, 0.1) is 0 Å². The van der Waals surface area contributed by atoms with Crippen LogP contribution in [0.3, 0.4) is 0 Å². The highest BCUT2D eigenvalue weighted by Gasteiger charge is 2.05. The van der Waals surface area contributed by atoms with Gasteiger partial charge in [0.1, 0.15) is 12.4 Å². The van der Waals surface area contributed by atoms with Crippen LogP contribution in [-0.4, -0.2) is 24.9 Å². The van der Waals surface area contributed by atoms with E-state index < -0.39 is 0 Å². The van der Waals surface area contributed by atoms with Crippen molar-refractivity contribution in [3.8, 4) is 5.75 Å². The summed E-state index contributed by atoms with van der Waals surface area (Å²) >= 11 is 5.82. The Balaban J connectivity index is 1.80. The first-order valence-electron chi connectivity index (χ1n) is 7.54. The lowest BCUT2D eigenvalue weighted by Gasteiger charge is -2.08. The van der Waals surface area contributed by atoms with Crippen LogP contribution in [0.15, 0.2) is 48.5 Å². The Morgan fingerprint density at radius 2 is 1.58 bits per heavy atom. The molecule has 6 heteroatoms. The molecule has 0 aliphatic heterocycles. The number of ether oxygens (including phenoxy) is 1. The molecule has 0 aliphatic rings. The minimum absolute atomic E-state index is 0.116. The van der Waals surface area contributed by atoms with Gasteiger partial charge in [-0.25, -0.2) is 0 Å². The third-order valence-corrected chi connectivity index (χ3v) is 3.47. The Morgan fingerprint density at radius 3 is 2.21 bits per heavy atom. The molecule has 24 heavy (non-hydrogen) atoms. The molecular formula is C18H19ClN2O3. The lowest BCUT2D eigenvalue weighted by molar-refractivity contribution is -0.118. The maximum absolute atomic E-state index is 11.9. The number of benzene rings is 2. The van der Waals surface area contributed by atoms with Gasteiger partial charge in [-0.1, -0.05) is 23.7 Å². The van der Waals surface area contributed by atoms with Gasteiger partial charge in [-0.2, -0.15) is 0 Å². The first-order valence-corrected chi connectivity index (χ1v) is 7.92. The molecule has 0 radical (unpaired) electrons. The average Bonchev–Trinajstić information content (AvgIpc) is 2.58. The normalized spacial score (nSPS) is 10.1. The van der Waals surface area contributed by atoms with Crippen LogP contribution in [0.5, 0.6) is 5.75 Å². The Kier molecular flexibility index (Phi) is 6.63. The molecule has 2 aromatic rings. The van der Waals surface area contributed by atoms with Gasteiger partial charge in [0.15, 0.2) is 0 Å². The van der Waals surface area contributed by atoms with Gasteiger partial charge in [0.2, 0.25) is 5.91 Å². The number of carbonyl (C=O) groups excluding carboxylic acids is 2. The van der Waals surface area contributed by atoms with E-state index in [1.165, 1.54) is 6.92 Å². The molecular weight excluding hydrogens is 328 g/mol. The number of rotatable bonds is 7. The van der Waals surface area contributed by atoms with E-state index in [0.29, 0.717) is 30.3 Å². The fourth-order valence-electron chi connectivity index (χ4n) is 1.97. The van der Waals surface area contributed by atoms with Gasteiger partial charge in [-0.3, -0.25) is 9.59 Å². The second-order valence-corrected chi connectivity index (χ2v) is 5.61. The molecule has 2 amide bonds. The Bertz CT molecular complexity index is 684. The van der Waals surface area contributed by atoms with Gasteiger partial charge in [-0.15, -0.1) is 0 Å². The number of amides is 2. The second-order valence-electron chi connectivity index (χ2n) is 5.18. The van der Waals surface area contributed by atoms with Crippen LogP contribution in [0.1, 0.15) is 22.8 Å². The molecule has 0 aromatic heterocycles. The van der Waals surface area contributed by atoms with E-state index in [2.05, 4.69) is 10.6 Å². The molecule has 126 valence electrons. The third-order valence-electron chi connectivity index (χ3n) is 3.22. The monoisotopic (exact) mass is 346 g/mol. The first-order chi connectivity index (χ1) is 11.5. The van der Waals surface area contributed by atoms with Crippen molar-refractivity contribution >= 4 is 23.4 Å². The van der Waals surface area contributed by atoms with E-state index in [1.807, 2.05) is 12.1 Å². The molecule has 0 heterocycles. The highest BCUT2D eigenvalue weighted by Crippen LogP contribution is 2.17. The summed E-state index contributed by atoms with van der Waals surface area (Å²) in [6.07, 6.45) is 0. The standard InChI is InChI=1S/C18H19ClN2O3/c1-13(22)20-10-11-21-18(23)15-4-2-14(3-5-15)12-24-17-8-6-16(19)7-9-17/h2-9H,10-12H2,1H3,(H,20,22)(H,21,23). The number of halogens is 1. The fraction of sp³-hybridized carbons (Fsp3) is 0.222. The van der Waals surface area contributed by atoms with E-state index in [4.69, 9.17) is 16.3 Å². The molecule has 2 N–H and O–H groups in total. The van der Waals surface area contributed by atoms with E-state index in [1.54, 1.807) is 36.4 Å². The fourth-order valence-corrected chi connectivity index (χ4v) is 2.09. The van der Waals surface area contributed by atoms with Crippen molar-refractivity contribution in [3.63, 3.8) is 0 Å². The molecule has 2 rings (SSSR count). The lowest BCUT2D eigenvalue weighted by atomic mass is 10.1. The van der Waals surface area contributed by atoms with Crippen LogP contribution in [0.2, 0.25) is 5.02 Å². The summed E-state index contributed by atoms with van der Waals surface area (Å²) in [5.41, 5.74) is 1.52. The van der Waals surface area contributed by atoms with Gasteiger partial charge < -0.3 is 15.4 Å². The zero-order valence-electron chi connectivity index (χ0n) is 13.3. The van der Waals surface area contributed by atoms with Gasteiger partial charge in [0.25, 0.3) is 5.91 Å². The highest BCUT2D eigenvalue weighted by atomic mass is 35.5. The third kappa shape index (κ3) is 5.93. The summed E-state index contributed by atoms with van der Waals surface area (Å²) in [6.45, 7) is 2.65.